The molecule has 0 atom stereocenters. The second kappa shape index (κ2) is 6.61. The zero-order valence-electron chi connectivity index (χ0n) is 11.0. The van der Waals surface area contributed by atoms with E-state index in [-0.39, 0.29) is 5.91 Å². The molecule has 4 nitrogen and oxygen atoms in total. The minimum atomic E-state index is -0.0449. The molecule has 0 spiro atoms. The Morgan fingerprint density at radius 1 is 1.50 bits per heavy atom. The SMILES string of the molecule is CC(C)N(C)CCC(=O)Nc1ccc(Cl)cc1N. The van der Waals surface area contributed by atoms with Crippen LogP contribution in [0.25, 0.3) is 0 Å². The van der Waals surface area contributed by atoms with Crippen molar-refractivity contribution in [1.82, 2.24) is 4.90 Å². The average molecular weight is 270 g/mol. The highest BCUT2D eigenvalue weighted by Crippen LogP contribution is 2.22. The summed E-state index contributed by atoms with van der Waals surface area (Å²) in [5, 5.41) is 3.34. The van der Waals surface area contributed by atoms with E-state index in [0.29, 0.717) is 28.9 Å². The maximum atomic E-state index is 11.8. The number of rotatable bonds is 5. The van der Waals surface area contributed by atoms with Crippen LogP contribution in [0.5, 0.6) is 0 Å². The number of nitrogens with one attached hydrogen (secondary N) is 1. The lowest BCUT2D eigenvalue weighted by atomic mass is 10.2. The number of carbonyl (C=O) groups excluding carboxylic acids is 1. The van der Waals surface area contributed by atoms with Gasteiger partial charge in [0.05, 0.1) is 11.4 Å². The van der Waals surface area contributed by atoms with Crippen LogP contribution < -0.4 is 11.1 Å². The fourth-order valence-corrected chi connectivity index (χ4v) is 1.58. The van der Waals surface area contributed by atoms with Crippen LogP contribution >= 0.6 is 11.6 Å². The van der Waals surface area contributed by atoms with Crippen molar-refractivity contribution in [3.8, 4) is 0 Å². The Kier molecular flexibility index (Phi) is 5.44. The van der Waals surface area contributed by atoms with E-state index >= 15 is 0 Å². The van der Waals surface area contributed by atoms with Crippen molar-refractivity contribution in [2.45, 2.75) is 26.3 Å². The number of nitrogens with two attached hydrogens (primary N) is 1. The standard InChI is InChI=1S/C13H20ClN3O/c1-9(2)17(3)7-6-13(18)16-12-5-4-10(14)8-11(12)15/h4-5,8-9H,6-7,15H2,1-3H3,(H,16,18). The van der Waals surface area contributed by atoms with Gasteiger partial charge in [-0.2, -0.15) is 0 Å². The van der Waals surface area contributed by atoms with Crippen LogP contribution in [0.1, 0.15) is 20.3 Å². The van der Waals surface area contributed by atoms with E-state index in [9.17, 15) is 4.79 Å². The van der Waals surface area contributed by atoms with Crippen LogP contribution in [-0.2, 0) is 4.79 Å². The molecule has 1 aromatic carbocycles. The van der Waals surface area contributed by atoms with Crippen molar-refractivity contribution in [3.05, 3.63) is 23.2 Å². The predicted octanol–water partition coefficient (Wildman–Crippen LogP) is 2.59. The zero-order valence-corrected chi connectivity index (χ0v) is 11.8. The molecule has 0 aliphatic carbocycles. The smallest absolute Gasteiger partial charge is 0.225 e. The van der Waals surface area contributed by atoms with Gasteiger partial charge in [0.15, 0.2) is 0 Å². The Bertz CT molecular complexity index is 421. The molecule has 0 bridgehead atoms. The van der Waals surface area contributed by atoms with Crippen LogP contribution in [0.3, 0.4) is 0 Å². The molecular formula is C13H20ClN3O. The summed E-state index contributed by atoms with van der Waals surface area (Å²) in [6.45, 7) is 4.90. The number of nitrogens with zero attached hydrogens (tertiary/aromatic N) is 1. The quantitative estimate of drug-likeness (QED) is 0.808. The molecule has 100 valence electrons. The van der Waals surface area contributed by atoms with E-state index in [4.69, 9.17) is 17.3 Å². The van der Waals surface area contributed by atoms with Crippen molar-refractivity contribution in [1.29, 1.82) is 0 Å². The summed E-state index contributed by atoms with van der Waals surface area (Å²) in [7, 11) is 1.99. The molecule has 0 radical (unpaired) electrons. The molecular weight excluding hydrogens is 250 g/mol. The summed E-state index contributed by atoms with van der Waals surface area (Å²) >= 11 is 5.79. The molecule has 0 aliphatic rings. The van der Waals surface area contributed by atoms with Gasteiger partial charge in [-0.1, -0.05) is 11.6 Å². The summed E-state index contributed by atoms with van der Waals surface area (Å²) in [6.07, 6.45) is 0.441. The number of hydrogen-bond acceptors (Lipinski definition) is 3. The van der Waals surface area contributed by atoms with Crippen LogP contribution in [0.15, 0.2) is 18.2 Å². The van der Waals surface area contributed by atoms with E-state index in [0.717, 1.165) is 6.54 Å². The summed E-state index contributed by atoms with van der Waals surface area (Å²) in [5.41, 5.74) is 6.85. The molecule has 0 saturated heterocycles. The van der Waals surface area contributed by atoms with Crippen LogP contribution in [-0.4, -0.2) is 30.4 Å². The Balaban J connectivity index is 2.50. The number of halogens is 1. The second-order valence-corrected chi connectivity index (χ2v) is 5.04. The van der Waals surface area contributed by atoms with Crippen molar-refractivity contribution in [3.63, 3.8) is 0 Å². The summed E-state index contributed by atoms with van der Waals surface area (Å²) in [4.78, 5) is 13.9. The molecule has 18 heavy (non-hydrogen) atoms. The summed E-state index contributed by atoms with van der Waals surface area (Å²) < 4.78 is 0. The van der Waals surface area contributed by atoms with Gasteiger partial charge >= 0.3 is 0 Å². The van der Waals surface area contributed by atoms with Gasteiger partial charge in [-0.05, 0) is 39.1 Å². The average Bonchev–Trinajstić information content (AvgIpc) is 2.29. The fraction of sp³-hybridized carbons (Fsp3) is 0.462. The largest absolute Gasteiger partial charge is 0.397 e. The van der Waals surface area contributed by atoms with E-state index in [1.807, 2.05) is 7.05 Å². The predicted molar refractivity (Wildman–Crippen MR) is 76.9 cm³/mol. The Hall–Kier alpha value is -1.26. The highest BCUT2D eigenvalue weighted by atomic mass is 35.5. The van der Waals surface area contributed by atoms with E-state index in [1.54, 1.807) is 18.2 Å². The molecule has 1 aromatic rings. The third kappa shape index (κ3) is 4.55. The fourth-order valence-electron chi connectivity index (χ4n) is 1.40. The van der Waals surface area contributed by atoms with Crippen molar-refractivity contribution < 1.29 is 4.79 Å². The van der Waals surface area contributed by atoms with Gasteiger partial charge in [-0.15, -0.1) is 0 Å². The number of anilines is 2. The van der Waals surface area contributed by atoms with E-state index in [2.05, 4.69) is 24.1 Å². The normalized spacial score (nSPS) is 11.0. The minimum Gasteiger partial charge on any atom is -0.397 e. The molecule has 5 heteroatoms. The third-order valence-electron chi connectivity index (χ3n) is 2.86. The first-order valence-electron chi connectivity index (χ1n) is 5.95. The monoisotopic (exact) mass is 269 g/mol. The lowest BCUT2D eigenvalue weighted by molar-refractivity contribution is -0.116. The zero-order chi connectivity index (χ0) is 13.7. The molecule has 0 saturated carbocycles. The minimum absolute atomic E-state index is 0.0449. The first kappa shape index (κ1) is 14.8. The van der Waals surface area contributed by atoms with Crippen LogP contribution in [0.2, 0.25) is 5.02 Å². The Morgan fingerprint density at radius 2 is 2.17 bits per heavy atom. The van der Waals surface area contributed by atoms with Gasteiger partial charge < -0.3 is 16.0 Å². The highest BCUT2D eigenvalue weighted by molar-refractivity contribution is 6.31. The van der Waals surface area contributed by atoms with Gasteiger partial charge in [-0.3, -0.25) is 4.79 Å². The van der Waals surface area contributed by atoms with Crippen LogP contribution in [0.4, 0.5) is 11.4 Å². The van der Waals surface area contributed by atoms with Gasteiger partial charge in [0.25, 0.3) is 0 Å². The molecule has 0 unspecified atom stereocenters. The van der Waals surface area contributed by atoms with Gasteiger partial charge in [-0.25, -0.2) is 0 Å². The maximum absolute atomic E-state index is 11.8. The van der Waals surface area contributed by atoms with Gasteiger partial charge in [0, 0.05) is 24.0 Å². The molecule has 3 N–H and O–H groups in total. The Labute approximate surface area is 113 Å². The number of nitrogen functional groups attached to an aromatic ring is 1. The lowest BCUT2D eigenvalue weighted by Gasteiger charge is -2.20. The van der Waals surface area contributed by atoms with Gasteiger partial charge in [0.2, 0.25) is 5.91 Å². The highest BCUT2D eigenvalue weighted by Gasteiger charge is 2.08. The lowest BCUT2D eigenvalue weighted by Crippen LogP contribution is -2.30. The summed E-state index contributed by atoms with van der Waals surface area (Å²) in [6, 6.07) is 5.46. The molecule has 0 fully saturated rings. The number of hydrogen-bond donors (Lipinski definition) is 2. The molecule has 0 heterocycles. The van der Waals surface area contributed by atoms with Crippen molar-refractivity contribution in [2.75, 3.05) is 24.6 Å². The molecule has 0 aromatic heterocycles. The molecule has 0 aliphatic heterocycles. The topological polar surface area (TPSA) is 58.4 Å². The van der Waals surface area contributed by atoms with Crippen LogP contribution in [0, 0.1) is 0 Å². The second-order valence-electron chi connectivity index (χ2n) is 4.60. The Morgan fingerprint density at radius 3 is 2.72 bits per heavy atom. The molecule has 1 rings (SSSR count). The number of benzene rings is 1. The van der Waals surface area contributed by atoms with Crippen molar-refractivity contribution in [2.24, 2.45) is 0 Å². The van der Waals surface area contributed by atoms with E-state index in [1.165, 1.54) is 0 Å². The maximum Gasteiger partial charge on any atom is 0.225 e. The summed E-state index contributed by atoms with van der Waals surface area (Å²) in [5.74, 6) is -0.0449. The van der Waals surface area contributed by atoms with E-state index < -0.39 is 0 Å². The number of amides is 1. The van der Waals surface area contributed by atoms with Crippen molar-refractivity contribution >= 4 is 28.9 Å². The first-order chi connectivity index (χ1) is 8.40. The van der Waals surface area contributed by atoms with Gasteiger partial charge in [0.1, 0.15) is 0 Å². The third-order valence-corrected chi connectivity index (χ3v) is 3.10. The molecule has 1 amide bonds. The first-order valence-corrected chi connectivity index (χ1v) is 6.33. The number of carbonyl (C=O) groups is 1.